The third kappa shape index (κ3) is 2.81. The fourth-order valence-corrected chi connectivity index (χ4v) is 2.98. The highest BCUT2D eigenvalue weighted by molar-refractivity contribution is 6.30. The number of anilines is 2. The summed E-state index contributed by atoms with van der Waals surface area (Å²) in [6.07, 6.45) is 5.16. The number of hydrogen-bond donors (Lipinski definition) is 1. The van der Waals surface area contributed by atoms with Crippen LogP contribution in [0.25, 0.3) is 11.3 Å². The smallest absolute Gasteiger partial charge is 0.155 e. The Hall–Kier alpha value is -2.01. The van der Waals surface area contributed by atoms with Crippen molar-refractivity contribution in [3.8, 4) is 17.0 Å². The van der Waals surface area contributed by atoms with Crippen molar-refractivity contribution in [1.29, 1.82) is 0 Å². The second kappa shape index (κ2) is 6.40. The molecular formula is C16H19ClN4O. The van der Waals surface area contributed by atoms with Gasteiger partial charge >= 0.3 is 0 Å². The lowest BCUT2D eigenvalue weighted by molar-refractivity contribution is 0.416. The lowest BCUT2D eigenvalue weighted by atomic mass is 10.1. The molecule has 3 rings (SSSR count). The van der Waals surface area contributed by atoms with Crippen molar-refractivity contribution in [2.45, 2.75) is 19.3 Å². The molecule has 0 radical (unpaired) electrons. The number of nitrogen functional groups attached to an aromatic ring is 1. The maximum Gasteiger partial charge on any atom is 0.155 e. The van der Waals surface area contributed by atoms with Crippen LogP contribution < -0.4 is 15.4 Å². The van der Waals surface area contributed by atoms with Crippen molar-refractivity contribution < 1.29 is 4.74 Å². The van der Waals surface area contributed by atoms with E-state index in [0.717, 1.165) is 24.5 Å². The molecule has 116 valence electrons. The van der Waals surface area contributed by atoms with Gasteiger partial charge in [-0.25, -0.2) is 9.97 Å². The molecule has 1 aliphatic heterocycles. The Morgan fingerprint density at radius 1 is 1.18 bits per heavy atom. The quantitative estimate of drug-likeness (QED) is 0.940. The third-order valence-corrected chi connectivity index (χ3v) is 4.17. The van der Waals surface area contributed by atoms with Crippen LogP contribution in [-0.4, -0.2) is 30.2 Å². The molecule has 0 saturated carbocycles. The number of nitrogens with zero attached hydrogens (tertiary/aromatic N) is 3. The van der Waals surface area contributed by atoms with Crippen molar-refractivity contribution in [2.24, 2.45) is 0 Å². The van der Waals surface area contributed by atoms with Crippen LogP contribution in [0.15, 0.2) is 24.5 Å². The van der Waals surface area contributed by atoms with Gasteiger partial charge in [0.15, 0.2) is 5.82 Å². The second-order valence-corrected chi connectivity index (χ2v) is 5.79. The first kappa shape index (κ1) is 14.9. The zero-order chi connectivity index (χ0) is 15.5. The molecule has 0 spiro atoms. The molecule has 0 aliphatic carbocycles. The Balaban J connectivity index is 2.05. The molecule has 0 amide bonds. The van der Waals surface area contributed by atoms with Crippen molar-refractivity contribution in [3.05, 3.63) is 29.5 Å². The highest BCUT2D eigenvalue weighted by Crippen LogP contribution is 2.37. The molecule has 0 bridgehead atoms. The molecule has 5 nitrogen and oxygen atoms in total. The number of methoxy groups -OCH3 is 1. The summed E-state index contributed by atoms with van der Waals surface area (Å²) in [5.41, 5.74) is 8.45. The van der Waals surface area contributed by atoms with E-state index >= 15 is 0 Å². The fourth-order valence-electron chi connectivity index (χ4n) is 2.82. The number of aromatic nitrogens is 2. The summed E-state index contributed by atoms with van der Waals surface area (Å²) >= 11 is 6.02. The van der Waals surface area contributed by atoms with Crippen molar-refractivity contribution in [2.75, 3.05) is 30.8 Å². The van der Waals surface area contributed by atoms with Gasteiger partial charge in [-0.15, -0.1) is 0 Å². The maximum absolute atomic E-state index is 6.35. The molecule has 1 aromatic carbocycles. The lowest BCUT2D eigenvalue weighted by Crippen LogP contribution is -2.31. The molecule has 2 heterocycles. The van der Waals surface area contributed by atoms with E-state index in [-0.39, 0.29) is 0 Å². The van der Waals surface area contributed by atoms with Crippen molar-refractivity contribution in [1.82, 2.24) is 9.97 Å². The molecule has 1 aromatic heterocycles. The lowest BCUT2D eigenvalue weighted by Gasteiger charge is -2.29. The van der Waals surface area contributed by atoms with Crippen LogP contribution in [0.3, 0.4) is 0 Å². The van der Waals surface area contributed by atoms with Gasteiger partial charge in [0.1, 0.15) is 23.5 Å². The predicted octanol–water partition coefficient (Wildman–Crippen LogP) is 3.38. The summed E-state index contributed by atoms with van der Waals surface area (Å²) in [6, 6.07) is 5.44. The van der Waals surface area contributed by atoms with Gasteiger partial charge in [0.05, 0.1) is 7.11 Å². The molecule has 1 fully saturated rings. The molecule has 0 atom stereocenters. The topological polar surface area (TPSA) is 64.3 Å². The van der Waals surface area contributed by atoms with E-state index in [1.807, 2.05) is 12.1 Å². The summed E-state index contributed by atoms with van der Waals surface area (Å²) in [6.45, 7) is 1.97. The van der Waals surface area contributed by atoms with Gasteiger partial charge in [-0.3, -0.25) is 0 Å². The SMILES string of the molecule is COc1cc(Cl)ccc1-c1ncnc(N2CCCCC2)c1N. The van der Waals surface area contributed by atoms with Gasteiger partial charge in [0, 0.05) is 23.7 Å². The van der Waals surface area contributed by atoms with Gasteiger partial charge in [-0.05, 0) is 37.5 Å². The monoisotopic (exact) mass is 318 g/mol. The van der Waals surface area contributed by atoms with E-state index in [4.69, 9.17) is 22.1 Å². The summed E-state index contributed by atoms with van der Waals surface area (Å²) < 4.78 is 5.41. The van der Waals surface area contributed by atoms with E-state index in [1.54, 1.807) is 19.5 Å². The Kier molecular flexibility index (Phi) is 4.34. The molecule has 22 heavy (non-hydrogen) atoms. The Bertz CT molecular complexity index is 671. The van der Waals surface area contributed by atoms with E-state index in [1.165, 1.54) is 19.3 Å². The summed E-state index contributed by atoms with van der Waals surface area (Å²) in [5, 5.41) is 0.615. The number of ether oxygens (including phenoxy) is 1. The minimum absolute atomic E-state index is 0.588. The predicted molar refractivity (Wildman–Crippen MR) is 89.5 cm³/mol. The van der Waals surface area contributed by atoms with Crippen molar-refractivity contribution in [3.63, 3.8) is 0 Å². The first-order chi connectivity index (χ1) is 10.7. The average Bonchev–Trinajstić information content (AvgIpc) is 2.56. The fraction of sp³-hybridized carbons (Fsp3) is 0.375. The van der Waals surface area contributed by atoms with E-state index in [2.05, 4.69) is 14.9 Å². The molecule has 0 unspecified atom stereocenters. The highest BCUT2D eigenvalue weighted by Gasteiger charge is 2.19. The molecule has 1 saturated heterocycles. The number of benzene rings is 1. The van der Waals surface area contributed by atoms with Crippen LogP contribution in [0.1, 0.15) is 19.3 Å². The van der Waals surface area contributed by atoms with Crippen LogP contribution >= 0.6 is 11.6 Å². The molecule has 2 aromatic rings. The average molecular weight is 319 g/mol. The van der Waals surface area contributed by atoms with Gasteiger partial charge in [-0.2, -0.15) is 0 Å². The zero-order valence-corrected chi connectivity index (χ0v) is 13.3. The Morgan fingerprint density at radius 2 is 1.95 bits per heavy atom. The summed E-state index contributed by atoms with van der Waals surface area (Å²) in [4.78, 5) is 11.0. The van der Waals surface area contributed by atoms with Gasteiger partial charge in [-0.1, -0.05) is 11.6 Å². The third-order valence-electron chi connectivity index (χ3n) is 3.94. The van der Waals surface area contributed by atoms with Crippen molar-refractivity contribution >= 4 is 23.1 Å². The number of nitrogens with two attached hydrogens (primary N) is 1. The van der Waals surface area contributed by atoms with Crippen LogP contribution in [0, 0.1) is 0 Å². The Labute approximate surface area is 135 Å². The second-order valence-electron chi connectivity index (χ2n) is 5.35. The summed E-state index contributed by atoms with van der Waals surface area (Å²) in [7, 11) is 1.61. The highest BCUT2D eigenvalue weighted by atomic mass is 35.5. The number of rotatable bonds is 3. The van der Waals surface area contributed by atoms with Gasteiger partial charge in [0.2, 0.25) is 0 Å². The summed E-state index contributed by atoms with van der Waals surface area (Å²) in [5.74, 6) is 1.46. The molecule has 1 aliphatic rings. The van der Waals surface area contributed by atoms with E-state index in [9.17, 15) is 0 Å². The standard InChI is InChI=1S/C16H19ClN4O/c1-22-13-9-11(17)5-6-12(13)15-14(18)16(20-10-19-15)21-7-3-2-4-8-21/h5-6,9-10H,2-4,7-8,18H2,1H3. The van der Waals surface area contributed by atoms with E-state index in [0.29, 0.717) is 22.2 Å². The minimum atomic E-state index is 0.588. The normalized spacial score (nSPS) is 14.9. The Morgan fingerprint density at radius 3 is 2.68 bits per heavy atom. The van der Waals surface area contributed by atoms with Crippen LogP contribution in [0.5, 0.6) is 5.75 Å². The van der Waals surface area contributed by atoms with Gasteiger partial charge in [0.25, 0.3) is 0 Å². The largest absolute Gasteiger partial charge is 0.496 e. The molecule has 2 N–H and O–H groups in total. The number of hydrogen-bond acceptors (Lipinski definition) is 5. The van der Waals surface area contributed by atoms with E-state index < -0.39 is 0 Å². The number of piperidine rings is 1. The number of halogens is 1. The molecule has 6 heteroatoms. The molecular weight excluding hydrogens is 300 g/mol. The van der Waals surface area contributed by atoms with Crippen LogP contribution in [-0.2, 0) is 0 Å². The zero-order valence-electron chi connectivity index (χ0n) is 12.6. The first-order valence-corrected chi connectivity index (χ1v) is 7.78. The minimum Gasteiger partial charge on any atom is -0.496 e. The maximum atomic E-state index is 6.35. The van der Waals surface area contributed by atoms with Crippen LogP contribution in [0.2, 0.25) is 5.02 Å². The van der Waals surface area contributed by atoms with Crippen LogP contribution in [0.4, 0.5) is 11.5 Å². The first-order valence-electron chi connectivity index (χ1n) is 7.40. The van der Waals surface area contributed by atoms with Gasteiger partial charge < -0.3 is 15.4 Å².